The van der Waals surface area contributed by atoms with Gasteiger partial charge in [0, 0.05) is 17.3 Å². The Morgan fingerprint density at radius 2 is 1.67 bits per heavy atom. The summed E-state index contributed by atoms with van der Waals surface area (Å²) in [4.78, 5) is 9.30. The van der Waals surface area contributed by atoms with Gasteiger partial charge in [-0.05, 0) is 37.6 Å². The van der Waals surface area contributed by atoms with E-state index in [0.717, 1.165) is 33.8 Å². The predicted molar refractivity (Wildman–Crippen MR) is 108 cm³/mol. The van der Waals surface area contributed by atoms with Gasteiger partial charge in [-0.25, -0.2) is 4.98 Å². The predicted octanol–water partition coefficient (Wildman–Crippen LogP) is 5.24. The highest BCUT2D eigenvalue weighted by Crippen LogP contribution is 2.35. The molecule has 0 spiro atoms. The molecule has 0 aliphatic rings. The smallest absolute Gasteiger partial charge is 0.116 e. The van der Waals surface area contributed by atoms with E-state index >= 15 is 0 Å². The van der Waals surface area contributed by atoms with Gasteiger partial charge in [-0.15, -0.1) is 0 Å². The molecule has 0 saturated heterocycles. The van der Waals surface area contributed by atoms with Crippen LogP contribution in [0.1, 0.15) is 24.2 Å². The summed E-state index contributed by atoms with van der Waals surface area (Å²) in [5.74, 6) is 0.236. The first-order valence-corrected chi connectivity index (χ1v) is 8.97. The zero-order chi connectivity index (χ0) is 18.8. The maximum atomic E-state index is 10.0. The van der Waals surface area contributed by atoms with Gasteiger partial charge < -0.3 is 9.67 Å². The Kier molecular flexibility index (Phi) is 4.47. The van der Waals surface area contributed by atoms with E-state index in [1.54, 1.807) is 12.1 Å². The standard InChI is InChI=1S/C23H21N3O/c1-16-11-12-21(24-14-16)17(2)26-15-25-22(18-7-4-3-5-8-18)23(26)19-9-6-10-20(27)13-19/h3-15,17,27H,1-2H3/t17-/m1/s1. The lowest BCUT2D eigenvalue weighted by atomic mass is 10.0. The first kappa shape index (κ1) is 17.0. The number of pyridine rings is 1. The second-order valence-electron chi connectivity index (χ2n) is 6.70. The van der Waals surface area contributed by atoms with Crippen LogP contribution in [-0.4, -0.2) is 19.6 Å². The number of phenolic OH excluding ortho intramolecular Hbond substituents is 1. The number of hydrogen-bond acceptors (Lipinski definition) is 3. The molecule has 1 N–H and O–H groups in total. The molecule has 0 aliphatic heterocycles. The molecular formula is C23H21N3O. The van der Waals surface area contributed by atoms with Gasteiger partial charge in [-0.3, -0.25) is 4.98 Å². The first-order chi connectivity index (χ1) is 13.1. The Bertz CT molecular complexity index is 1050. The average molecular weight is 355 g/mol. The maximum Gasteiger partial charge on any atom is 0.116 e. The van der Waals surface area contributed by atoms with Crippen LogP contribution in [0, 0.1) is 6.92 Å². The highest BCUT2D eigenvalue weighted by atomic mass is 16.3. The van der Waals surface area contributed by atoms with Crippen LogP contribution in [0.5, 0.6) is 5.75 Å². The summed E-state index contributed by atoms with van der Waals surface area (Å²) in [5, 5.41) is 10.0. The van der Waals surface area contributed by atoms with Crippen molar-refractivity contribution in [2.75, 3.05) is 0 Å². The number of aryl methyl sites for hydroxylation is 1. The summed E-state index contributed by atoms with van der Waals surface area (Å²) in [6, 6.07) is 21.5. The Balaban J connectivity index is 1.89. The van der Waals surface area contributed by atoms with E-state index in [2.05, 4.69) is 28.6 Å². The molecule has 4 heteroatoms. The lowest BCUT2D eigenvalue weighted by Gasteiger charge is -2.18. The van der Waals surface area contributed by atoms with Gasteiger partial charge in [0.2, 0.25) is 0 Å². The third kappa shape index (κ3) is 3.34. The lowest BCUT2D eigenvalue weighted by Crippen LogP contribution is -2.09. The maximum absolute atomic E-state index is 10.0. The summed E-state index contributed by atoms with van der Waals surface area (Å²) >= 11 is 0. The molecule has 0 unspecified atom stereocenters. The van der Waals surface area contributed by atoms with Gasteiger partial charge in [0.1, 0.15) is 5.75 Å². The van der Waals surface area contributed by atoms with E-state index in [0.29, 0.717) is 0 Å². The zero-order valence-electron chi connectivity index (χ0n) is 15.4. The van der Waals surface area contributed by atoms with Crippen LogP contribution < -0.4 is 0 Å². The molecule has 4 aromatic rings. The van der Waals surface area contributed by atoms with E-state index < -0.39 is 0 Å². The molecule has 27 heavy (non-hydrogen) atoms. The third-order valence-corrected chi connectivity index (χ3v) is 4.74. The molecule has 0 bridgehead atoms. The molecule has 1 atom stereocenters. The van der Waals surface area contributed by atoms with Gasteiger partial charge in [0.15, 0.2) is 0 Å². The molecule has 0 fully saturated rings. The van der Waals surface area contributed by atoms with Gasteiger partial charge in [0.05, 0.1) is 29.5 Å². The summed E-state index contributed by atoms with van der Waals surface area (Å²) in [7, 11) is 0. The van der Waals surface area contributed by atoms with Gasteiger partial charge in [-0.2, -0.15) is 0 Å². The minimum Gasteiger partial charge on any atom is -0.508 e. The molecule has 0 amide bonds. The van der Waals surface area contributed by atoms with Gasteiger partial charge in [0.25, 0.3) is 0 Å². The fourth-order valence-electron chi connectivity index (χ4n) is 3.27. The van der Waals surface area contributed by atoms with Gasteiger partial charge >= 0.3 is 0 Å². The zero-order valence-corrected chi connectivity index (χ0v) is 15.4. The first-order valence-electron chi connectivity index (χ1n) is 8.97. The van der Waals surface area contributed by atoms with Crippen molar-refractivity contribution in [3.05, 3.63) is 90.5 Å². The van der Waals surface area contributed by atoms with Crippen molar-refractivity contribution in [2.24, 2.45) is 0 Å². The van der Waals surface area contributed by atoms with Crippen molar-refractivity contribution in [2.45, 2.75) is 19.9 Å². The van der Waals surface area contributed by atoms with Crippen LogP contribution in [0.2, 0.25) is 0 Å². The number of imidazole rings is 1. The largest absolute Gasteiger partial charge is 0.508 e. The molecule has 134 valence electrons. The molecule has 2 aromatic carbocycles. The van der Waals surface area contributed by atoms with Crippen LogP contribution >= 0.6 is 0 Å². The van der Waals surface area contributed by atoms with E-state index in [1.807, 2.05) is 61.9 Å². The minimum atomic E-state index is 0.00733. The number of phenols is 1. The van der Waals surface area contributed by atoms with Crippen molar-refractivity contribution in [3.63, 3.8) is 0 Å². The van der Waals surface area contributed by atoms with Crippen LogP contribution in [0.25, 0.3) is 22.5 Å². The summed E-state index contributed by atoms with van der Waals surface area (Å²) in [5.41, 5.74) is 5.92. The molecular weight excluding hydrogens is 334 g/mol. The highest BCUT2D eigenvalue weighted by Gasteiger charge is 2.20. The van der Waals surface area contributed by atoms with E-state index in [1.165, 1.54) is 0 Å². The number of hydrogen-bond donors (Lipinski definition) is 1. The topological polar surface area (TPSA) is 50.9 Å². The second-order valence-corrected chi connectivity index (χ2v) is 6.70. The van der Waals surface area contributed by atoms with Crippen LogP contribution in [0.4, 0.5) is 0 Å². The molecule has 0 aliphatic carbocycles. The number of rotatable bonds is 4. The summed E-state index contributed by atoms with van der Waals surface area (Å²) in [6.07, 6.45) is 3.74. The average Bonchev–Trinajstić information content (AvgIpc) is 3.14. The Hall–Kier alpha value is -3.40. The van der Waals surface area contributed by atoms with Crippen molar-refractivity contribution >= 4 is 0 Å². The molecule has 4 nitrogen and oxygen atoms in total. The Labute approximate surface area is 158 Å². The van der Waals surface area contributed by atoms with E-state index in [9.17, 15) is 5.11 Å². The molecule has 4 rings (SSSR count). The highest BCUT2D eigenvalue weighted by molar-refractivity contribution is 5.79. The number of aromatic nitrogens is 3. The molecule has 2 aromatic heterocycles. The monoisotopic (exact) mass is 355 g/mol. The fourth-order valence-corrected chi connectivity index (χ4v) is 3.27. The number of aromatic hydroxyl groups is 1. The van der Waals surface area contributed by atoms with Crippen molar-refractivity contribution < 1.29 is 5.11 Å². The second kappa shape index (κ2) is 7.08. The fraction of sp³-hybridized carbons (Fsp3) is 0.130. The normalized spacial score (nSPS) is 12.1. The minimum absolute atomic E-state index is 0.00733. The Morgan fingerprint density at radius 3 is 2.37 bits per heavy atom. The number of nitrogens with zero attached hydrogens (tertiary/aromatic N) is 3. The van der Waals surface area contributed by atoms with Crippen LogP contribution in [0.15, 0.2) is 79.3 Å². The van der Waals surface area contributed by atoms with Crippen LogP contribution in [0.3, 0.4) is 0 Å². The molecule has 0 saturated carbocycles. The summed E-state index contributed by atoms with van der Waals surface area (Å²) in [6.45, 7) is 4.14. The molecule has 2 heterocycles. The van der Waals surface area contributed by atoms with Crippen molar-refractivity contribution in [3.8, 4) is 28.3 Å². The van der Waals surface area contributed by atoms with Crippen molar-refractivity contribution in [1.82, 2.24) is 14.5 Å². The lowest BCUT2D eigenvalue weighted by molar-refractivity contribution is 0.475. The van der Waals surface area contributed by atoms with Gasteiger partial charge in [-0.1, -0.05) is 48.5 Å². The third-order valence-electron chi connectivity index (χ3n) is 4.74. The molecule has 0 radical (unpaired) electrons. The SMILES string of the molecule is Cc1ccc([C@@H](C)n2cnc(-c3ccccc3)c2-c2cccc(O)c2)nc1. The van der Waals surface area contributed by atoms with E-state index in [-0.39, 0.29) is 11.8 Å². The Morgan fingerprint density at radius 1 is 0.889 bits per heavy atom. The summed E-state index contributed by atoms with van der Waals surface area (Å²) < 4.78 is 2.12. The van der Waals surface area contributed by atoms with Crippen molar-refractivity contribution in [1.29, 1.82) is 0 Å². The van der Waals surface area contributed by atoms with Crippen LogP contribution in [-0.2, 0) is 0 Å². The number of benzene rings is 2. The quantitative estimate of drug-likeness (QED) is 0.545. The van der Waals surface area contributed by atoms with E-state index in [4.69, 9.17) is 4.98 Å².